The Morgan fingerprint density at radius 3 is 2.60 bits per heavy atom. The van der Waals surface area contributed by atoms with Crippen molar-refractivity contribution in [2.45, 2.75) is 38.5 Å². The SMILES string of the molecule is CCC(N)C(c1sccc1C)n1cc(C(F)(F)F)cn1. The monoisotopic (exact) mass is 303 g/mol. The highest BCUT2D eigenvalue weighted by Gasteiger charge is 2.34. The van der Waals surface area contributed by atoms with Gasteiger partial charge in [0.1, 0.15) is 6.04 Å². The van der Waals surface area contributed by atoms with Crippen LogP contribution in [0.2, 0.25) is 0 Å². The fourth-order valence-electron chi connectivity index (χ4n) is 2.06. The summed E-state index contributed by atoms with van der Waals surface area (Å²) in [5.74, 6) is 0. The summed E-state index contributed by atoms with van der Waals surface area (Å²) in [5.41, 5.74) is 6.36. The van der Waals surface area contributed by atoms with Gasteiger partial charge in [0.15, 0.2) is 0 Å². The van der Waals surface area contributed by atoms with Gasteiger partial charge in [0.2, 0.25) is 0 Å². The number of thiophene rings is 1. The average Bonchev–Trinajstić information content (AvgIpc) is 2.99. The molecule has 2 N–H and O–H groups in total. The van der Waals surface area contributed by atoms with Crippen LogP contribution in [0.5, 0.6) is 0 Å². The number of nitrogens with zero attached hydrogens (tertiary/aromatic N) is 2. The molecule has 2 unspecified atom stereocenters. The lowest BCUT2D eigenvalue weighted by Gasteiger charge is -2.23. The van der Waals surface area contributed by atoms with Crippen LogP contribution in [0.15, 0.2) is 23.8 Å². The maximum atomic E-state index is 12.7. The Morgan fingerprint density at radius 1 is 1.45 bits per heavy atom. The molecule has 0 amide bonds. The zero-order chi connectivity index (χ0) is 14.9. The van der Waals surface area contributed by atoms with Gasteiger partial charge in [-0.15, -0.1) is 11.3 Å². The minimum Gasteiger partial charge on any atom is -0.326 e. The van der Waals surface area contributed by atoms with Gasteiger partial charge in [-0.3, -0.25) is 4.68 Å². The molecule has 2 aromatic rings. The molecule has 0 aliphatic rings. The van der Waals surface area contributed by atoms with Crippen LogP contribution in [0, 0.1) is 6.92 Å². The Kier molecular flexibility index (Phi) is 4.19. The van der Waals surface area contributed by atoms with Crippen molar-refractivity contribution >= 4 is 11.3 Å². The van der Waals surface area contributed by atoms with Crippen LogP contribution < -0.4 is 5.73 Å². The average molecular weight is 303 g/mol. The van der Waals surface area contributed by atoms with E-state index in [1.165, 1.54) is 16.0 Å². The third-order valence-electron chi connectivity index (χ3n) is 3.26. The van der Waals surface area contributed by atoms with Crippen molar-refractivity contribution in [1.82, 2.24) is 9.78 Å². The molecule has 0 spiro atoms. The first kappa shape index (κ1) is 15.1. The van der Waals surface area contributed by atoms with Gasteiger partial charge in [0.05, 0.1) is 11.8 Å². The summed E-state index contributed by atoms with van der Waals surface area (Å²) in [5, 5.41) is 5.78. The third kappa shape index (κ3) is 2.88. The minimum absolute atomic E-state index is 0.284. The molecule has 2 atom stereocenters. The molecule has 0 aromatic carbocycles. The lowest BCUT2D eigenvalue weighted by Crippen LogP contribution is -2.32. The van der Waals surface area contributed by atoms with Crippen LogP contribution in [0.3, 0.4) is 0 Å². The molecular weight excluding hydrogens is 287 g/mol. The Morgan fingerprint density at radius 2 is 2.15 bits per heavy atom. The van der Waals surface area contributed by atoms with E-state index in [1.807, 2.05) is 25.3 Å². The standard InChI is InChI=1S/C13H16F3N3S/c1-3-10(17)11(12-8(2)4-5-20-12)19-7-9(6-18-19)13(14,15)16/h4-7,10-11H,3,17H2,1-2H3. The van der Waals surface area contributed by atoms with Crippen LogP contribution in [0.4, 0.5) is 13.2 Å². The van der Waals surface area contributed by atoms with Gasteiger partial charge < -0.3 is 5.73 Å². The maximum Gasteiger partial charge on any atom is 0.419 e. The molecule has 7 heteroatoms. The van der Waals surface area contributed by atoms with E-state index in [-0.39, 0.29) is 12.1 Å². The van der Waals surface area contributed by atoms with E-state index in [0.29, 0.717) is 6.42 Å². The van der Waals surface area contributed by atoms with E-state index in [9.17, 15) is 13.2 Å². The molecule has 20 heavy (non-hydrogen) atoms. The molecule has 0 radical (unpaired) electrons. The van der Waals surface area contributed by atoms with Crippen LogP contribution in [-0.2, 0) is 6.18 Å². The van der Waals surface area contributed by atoms with E-state index in [0.717, 1.165) is 22.8 Å². The van der Waals surface area contributed by atoms with Crippen molar-refractivity contribution in [1.29, 1.82) is 0 Å². The highest BCUT2D eigenvalue weighted by atomic mass is 32.1. The van der Waals surface area contributed by atoms with Gasteiger partial charge >= 0.3 is 6.18 Å². The van der Waals surface area contributed by atoms with E-state index in [4.69, 9.17) is 5.73 Å². The Hall–Kier alpha value is -1.34. The van der Waals surface area contributed by atoms with Gasteiger partial charge in [0, 0.05) is 17.1 Å². The zero-order valence-electron chi connectivity index (χ0n) is 11.2. The minimum atomic E-state index is -4.39. The number of hydrogen-bond acceptors (Lipinski definition) is 3. The highest BCUT2D eigenvalue weighted by molar-refractivity contribution is 7.10. The first-order valence-corrected chi connectivity index (χ1v) is 7.13. The predicted octanol–water partition coefficient (Wildman–Crippen LogP) is 3.60. The second-order valence-electron chi connectivity index (χ2n) is 4.69. The van der Waals surface area contributed by atoms with Gasteiger partial charge in [-0.2, -0.15) is 18.3 Å². The summed E-state index contributed by atoms with van der Waals surface area (Å²) in [6, 6.07) is 1.29. The molecule has 0 fully saturated rings. The van der Waals surface area contributed by atoms with Crippen molar-refractivity contribution in [3.05, 3.63) is 39.8 Å². The quantitative estimate of drug-likeness (QED) is 0.938. The first-order valence-electron chi connectivity index (χ1n) is 6.25. The molecule has 0 saturated heterocycles. The van der Waals surface area contributed by atoms with E-state index in [2.05, 4.69) is 5.10 Å². The Bertz CT molecular complexity index is 573. The van der Waals surface area contributed by atoms with Crippen LogP contribution in [-0.4, -0.2) is 15.8 Å². The molecule has 0 saturated carbocycles. The summed E-state index contributed by atoms with van der Waals surface area (Å²) in [6.45, 7) is 3.84. The molecule has 2 aromatic heterocycles. The maximum absolute atomic E-state index is 12.7. The van der Waals surface area contributed by atoms with Crippen LogP contribution in [0.1, 0.15) is 35.4 Å². The van der Waals surface area contributed by atoms with Gasteiger partial charge in [-0.05, 0) is 30.4 Å². The largest absolute Gasteiger partial charge is 0.419 e. The predicted molar refractivity (Wildman–Crippen MR) is 72.7 cm³/mol. The van der Waals surface area contributed by atoms with Crippen LogP contribution in [0.25, 0.3) is 0 Å². The summed E-state index contributed by atoms with van der Waals surface area (Å²) in [4.78, 5) is 0.955. The fourth-order valence-corrected chi connectivity index (χ4v) is 3.15. The summed E-state index contributed by atoms with van der Waals surface area (Å²) < 4.78 is 39.4. The zero-order valence-corrected chi connectivity index (χ0v) is 12.0. The van der Waals surface area contributed by atoms with Crippen molar-refractivity contribution < 1.29 is 13.2 Å². The number of aryl methyl sites for hydroxylation is 1. The van der Waals surface area contributed by atoms with Gasteiger partial charge in [-0.25, -0.2) is 0 Å². The number of aromatic nitrogens is 2. The fraction of sp³-hybridized carbons (Fsp3) is 0.462. The summed E-state index contributed by atoms with van der Waals surface area (Å²) >= 11 is 1.49. The van der Waals surface area contributed by atoms with E-state index < -0.39 is 11.7 Å². The van der Waals surface area contributed by atoms with Gasteiger partial charge in [0.25, 0.3) is 0 Å². The second kappa shape index (κ2) is 5.57. The molecule has 0 aliphatic carbocycles. The molecule has 2 rings (SSSR count). The van der Waals surface area contributed by atoms with Crippen LogP contribution >= 0.6 is 11.3 Å². The number of alkyl halides is 3. The lowest BCUT2D eigenvalue weighted by molar-refractivity contribution is -0.137. The Labute approximate surface area is 119 Å². The molecule has 0 aliphatic heterocycles. The molecule has 2 heterocycles. The molecule has 3 nitrogen and oxygen atoms in total. The Balaban J connectivity index is 2.43. The molecular formula is C13H16F3N3S. The highest BCUT2D eigenvalue weighted by Crippen LogP contribution is 2.33. The van der Waals surface area contributed by atoms with Crippen molar-refractivity contribution in [3.63, 3.8) is 0 Å². The second-order valence-corrected chi connectivity index (χ2v) is 5.64. The summed E-state index contributed by atoms with van der Waals surface area (Å²) in [7, 11) is 0. The smallest absolute Gasteiger partial charge is 0.326 e. The van der Waals surface area contributed by atoms with Crippen molar-refractivity contribution in [3.8, 4) is 0 Å². The third-order valence-corrected chi connectivity index (χ3v) is 4.35. The molecule has 0 bridgehead atoms. The number of rotatable bonds is 4. The van der Waals surface area contributed by atoms with Crippen molar-refractivity contribution in [2.24, 2.45) is 5.73 Å². The van der Waals surface area contributed by atoms with Gasteiger partial charge in [-0.1, -0.05) is 6.92 Å². The number of halogens is 3. The first-order chi connectivity index (χ1) is 9.34. The van der Waals surface area contributed by atoms with Crippen molar-refractivity contribution in [2.75, 3.05) is 0 Å². The lowest BCUT2D eigenvalue weighted by atomic mass is 10.0. The number of hydrogen-bond donors (Lipinski definition) is 1. The topological polar surface area (TPSA) is 43.8 Å². The molecule has 110 valence electrons. The summed E-state index contributed by atoms with van der Waals surface area (Å²) in [6.07, 6.45) is -1.86. The normalized spacial score (nSPS) is 15.3. The van der Waals surface area contributed by atoms with E-state index in [1.54, 1.807) is 0 Å². The number of nitrogens with two attached hydrogens (primary N) is 1. The van der Waals surface area contributed by atoms with E-state index >= 15 is 0 Å².